The summed E-state index contributed by atoms with van der Waals surface area (Å²) in [5, 5.41) is 0. The number of hydrogen-bond acceptors (Lipinski definition) is 1. The Labute approximate surface area is 123 Å². The molecule has 0 N–H and O–H groups in total. The summed E-state index contributed by atoms with van der Waals surface area (Å²) in [6, 6.07) is 14.3. The smallest absolute Gasteiger partial charge is 0.139 e. The minimum absolute atomic E-state index is 0.504. The van der Waals surface area contributed by atoms with Crippen LogP contribution in [0.3, 0.4) is 0 Å². The van der Waals surface area contributed by atoms with E-state index in [0.29, 0.717) is 6.04 Å². The molecule has 0 aliphatic carbocycles. The lowest BCUT2D eigenvalue weighted by Crippen LogP contribution is -2.30. The van der Waals surface area contributed by atoms with Gasteiger partial charge in [-0.25, -0.2) is 0 Å². The Morgan fingerprint density at radius 2 is 1.75 bits per heavy atom. The van der Waals surface area contributed by atoms with Crippen LogP contribution in [0, 0.1) is 13.8 Å². The zero-order valence-electron chi connectivity index (χ0n) is 12.9. The molecule has 2 aromatic rings. The van der Waals surface area contributed by atoms with Crippen LogP contribution in [0.2, 0.25) is 0 Å². The normalized spacial score (nSPS) is 17.9. The van der Waals surface area contributed by atoms with Crippen LogP contribution in [-0.2, 0) is 6.42 Å². The molecule has 1 atom stereocenters. The molecule has 20 heavy (non-hydrogen) atoms. The van der Waals surface area contributed by atoms with Crippen LogP contribution in [0.25, 0.3) is 0 Å². The molecule has 0 saturated carbocycles. The van der Waals surface area contributed by atoms with Gasteiger partial charge in [-0.05, 0) is 43.9 Å². The highest BCUT2D eigenvalue weighted by Crippen LogP contribution is 2.37. The van der Waals surface area contributed by atoms with Crippen LogP contribution in [-0.4, -0.2) is 14.9 Å². The van der Waals surface area contributed by atoms with Gasteiger partial charge in [-0.2, -0.15) is 0 Å². The Kier molecular flexibility index (Phi) is 3.33. The van der Waals surface area contributed by atoms with Gasteiger partial charge in [-0.15, -0.1) is 0 Å². The molecule has 1 nitrogen and oxygen atoms in total. The van der Waals surface area contributed by atoms with Gasteiger partial charge in [0.05, 0.1) is 6.04 Å². The molecular weight excluding hydrogens is 241 g/mol. The Bertz CT molecular complexity index is 628. The van der Waals surface area contributed by atoms with Crippen molar-refractivity contribution < 1.29 is 0 Å². The van der Waals surface area contributed by atoms with Gasteiger partial charge in [0.25, 0.3) is 0 Å². The first-order chi connectivity index (χ1) is 9.54. The fourth-order valence-electron chi connectivity index (χ4n) is 3.50. The number of hydrogen-bond donors (Lipinski definition) is 0. The zero-order chi connectivity index (χ0) is 14.3. The molecule has 0 radical (unpaired) electrons. The van der Waals surface area contributed by atoms with Gasteiger partial charge in [0.2, 0.25) is 0 Å². The van der Waals surface area contributed by atoms with Crippen LogP contribution in [0.1, 0.15) is 34.7 Å². The second kappa shape index (κ2) is 5.01. The standard InChI is InChI=1S/C18H22BN/c1-12-8-13(2)10-15(9-12)18-6-4-14-11-16(19)5-7-17(14)20(18)3/h5,7-11,18H,4,6,19H2,1-3H3. The van der Waals surface area contributed by atoms with Crippen molar-refractivity contribution in [3.05, 3.63) is 58.7 Å². The quantitative estimate of drug-likeness (QED) is 0.715. The summed E-state index contributed by atoms with van der Waals surface area (Å²) in [6.07, 6.45) is 2.38. The molecule has 0 saturated heterocycles. The van der Waals surface area contributed by atoms with E-state index in [-0.39, 0.29) is 0 Å². The van der Waals surface area contributed by atoms with E-state index in [9.17, 15) is 0 Å². The van der Waals surface area contributed by atoms with Crippen LogP contribution in [0.15, 0.2) is 36.4 Å². The fourth-order valence-corrected chi connectivity index (χ4v) is 3.50. The van der Waals surface area contributed by atoms with E-state index in [1.807, 2.05) is 0 Å². The Balaban J connectivity index is 1.99. The lowest BCUT2D eigenvalue weighted by Gasteiger charge is -2.37. The van der Waals surface area contributed by atoms with Gasteiger partial charge in [0, 0.05) is 12.7 Å². The maximum absolute atomic E-state index is 2.45. The third kappa shape index (κ3) is 2.35. The van der Waals surface area contributed by atoms with E-state index in [1.54, 1.807) is 0 Å². The van der Waals surface area contributed by atoms with Gasteiger partial charge >= 0.3 is 0 Å². The average Bonchev–Trinajstić information content (AvgIpc) is 2.37. The Hall–Kier alpha value is -1.70. The van der Waals surface area contributed by atoms with Crippen LogP contribution < -0.4 is 10.4 Å². The molecule has 3 rings (SSSR count). The summed E-state index contributed by atoms with van der Waals surface area (Å²) < 4.78 is 0. The molecule has 0 bridgehead atoms. The van der Waals surface area contributed by atoms with Crippen LogP contribution in [0.5, 0.6) is 0 Å². The largest absolute Gasteiger partial charge is 0.367 e. The fraction of sp³-hybridized carbons (Fsp3) is 0.333. The maximum atomic E-state index is 2.45. The second-order valence-electron chi connectivity index (χ2n) is 6.22. The highest BCUT2D eigenvalue weighted by molar-refractivity contribution is 6.32. The van der Waals surface area contributed by atoms with E-state index in [4.69, 9.17) is 0 Å². The van der Waals surface area contributed by atoms with Gasteiger partial charge in [-0.3, -0.25) is 0 Å². The first kappa shape index (κ1) is 13.3. The second-order valence-corrected chi connectivity index (χ2v) is 6.22. The summed E-state index contributed by atoms with van der Waals surface area (Å²) in [7, 11) is 4.41. The highest BCUT2D eigenvalue weighted by atomic mass is 15.1. The lowest BCUT2D eigenvalue weighted by atomic mass is 9.86. The number of fused-ring (bicyclic) bond motifs is 1. The first-order valence-electron chi connectivity index (χ1n) is 7.45. The number of benzene rings is 2. The monoisotopic (exact) mass is 263 g/mol. The molecule has 1 heterocycles. The summed E-state index contributed by atoms with van der Waals surface area (Å²) in [5.41, 5.74) is 8.43. The lowest BCUT2D eigenvalue weighted by molar-refractivity contribution is 0.584. The van der Waals surface area contributed by atoms with Gasteiger partial charge in [0.15, 0.2) is 0 Å². The van der Waals surface area contributed by atoms with Crippen molar-refractivity contribution in [3.8, 4) is 0 Å². The van der Waals surface area contributed by atoms with Crippen molar-refractivity contribution in [1.29, 1.82) is 0 Å². The first-order valence-corrected chi connectivity index (χ1v) is 7.45. The van der Waals surface area contributed by atoms with E-state index in [1.165, 1.54) is 46.2 Å². The predicted molar refractivity (Wildman–Crippen MR) is 90.0 cm³/mol. The SMILES string of the molecule is Bc1ccc2c(c1)CCC(c1cc(C)cc(C)c1)N2C. The van der Waals surface area contributed by atoms with Crippen molar-refractivity contribution in [2.24, 2.45) is 0 Å². The molecule has 0 aromatic heterocycles. The van der Waals surface area contributed by atoms with Crippen LogP contribution in [0.4, 0.5) is 5.69 Å². The summed E-state index contributed by atoms with van der Waals surface area (Å²) in [6.45, 7) is 4.38. The molecule has 1 aliphatic rings. The number of nitrogens with zero attached hydrogens (tertiary/aromatic N) is 1. The summed E-state index contributed by atoms with van der Waals surface area (Å²) in [5.74, 6) is 0. The Morgan fingerprint density at radius 3 is 2.45 bits per heavy atom. The zero-order valence-corrected chi connectivity index (χ0v) is 12.9. The molecular formula is C18H22BN. The molecule has 0 fully saturated rings. The summed E-state index contributed by atoms with van der Waals surface area (Å²) in [4.78, 5) is 2.45. The van der Waals surface area contributed by atoms with Crippen LogP contribution >= 0.6 is 0 Å². The van der Waals surface area contributed by atoms with Crippen molar-refractivity contribution >= 4 is 19.0 Å². The van der Waals surface area contributed by atoms with E-state index in [0.717, 1.165) is 0 Å². The highest BCUT2D eigenvalue weighted by Gasteiger charge is 2.24. The molecule has 0 spiro atoms. The van der Waals surface area contributed by atoms with Crippen molar-refractivity contribution in [2.45, 2.75) is 32.7 Å². The predicted octanol–water partition coefficient (Wildman–Crippen LogP) is 2.69. The van der Waals surface area contributed by atoms with Gasteiger partial charge < -0.3 is 4.90 Å². The van der Waals surface area contributed by atoms with Crippen molar-refractivity contribution in [1.82, 2.24) is 0 Å². The maximum Gasteiger partial charge on any atom is 0.139 e. The van der Waals surface area contributed by atoms with E-state index < -0.39 is 0 Å². The van der Waals surface area contributed by atoms with E-state index >= 15 is 0 Å². The molecule has 0 amide bonds. The van der Waals surface area contributed by atoms with Gasteiger partial charge in [-0.1, -0.05) is 46.9 Å². The minimum Gasteiger partial charge on any atom is -0.367 e. The Morgan fingerprint density at radius 1 is 1.05 bits per heavy atom. The molecule has 2 aromatic carbocycles. The summed E-state index contributed by atoms with van der Waals surface area (Å²) >= 11 is 0. The third-order valence-corrected chi connectivity index (χ3v) is 4.40. The third-order valence-electron chi connectivity index (χ3n) is 4.40. The van der Waals surface area contributed by atoms with Crippen molar-refractivity contribution in [3.63, 3.8) is 0 Å². The van der Waals surface area contributed by atoms with E-state index in [2.05, 4.69) is 70.0 Å². The number of aryl methyl sites for hydroxylation is 3. The molecule has 1 unspecified atom stereocenters. The van der Waals surface area contributed by atoms with Crippen molar-refractivity contribution in [2.75, 3.05) is 11.9 Å². The number of rotatable bonds is 1. The average molecular weight is 263 g/mol. The van der Waals surface area contributed by atoms with Gasteiger partial charge in [0.1, 0.15) is 7.85 Å². The molecule has 1 aliphatic heterocycles. The number of anilines is 1. The topological polar surface area (TPSA) is 3.24 Å². The minimum atomic E-state index is 0.504. The molecule has 2 heteroatoms. The molecule has 102 valence electrons.